The van der Waals surface area contributed by atoms with E-state index in [1.54, 1.807) is 11.8 Å². The van der Waals surface area contributed by atoms with Crippen molar-refractivity contribution in [1.29, 1.82) is 5.26 Å². The van der Waals surface area contributed by atoms with Crippen molar-refractivity contribution in [1.82, 2.24) is 15.5 Å². The summed E-state index contributed by atoms with van der Waals surface area (Å²) >= 11 is 0. The molecule has 3 aliphatic rings. The molecule has 3 fully saturated rings. The Balaban J connectivity index is 0.00000192. The maximum Gasteiger partial charge on any atom is 0.237 e. The number of rotatable bonds is 4. The molecule has 5 atom stereocenters. The minimum Gasteiger partial charge on any atom is -0.326 e. The SMILES string of the molecule is CC(=O)C1NCC2CC(NCC(=O)N3CCCC3C#N)CC21.Cl. The van der Waals surface area contributed by atoms with Gasteiger partial charge in [-0.25, -0.2) is 0 Å². The third kappa shape index (κ3) is 3.68. The number of hydrogen-bond donors (Lipinski definition) is 2. The Morgan fingerprint density at radius 3 is 2.87 bits per heavy atom. The first-order valence-corrected chi connectivity index (χ1v) is 8.26. The van der Waals surface area contributed by atoms with Gasteiger partial charge in [0.05, 0.1) is 18.7 Å². The number of halogens is 1. The summed E-state index contributed by atoms with van der Waals surface area (Å²) in [6, 6.07) is 2.26. The number of carbonyl (C=O) groups is 2. The maximum atomic E-state index is 12.2. The fourth-order valence-corrected chi connectivity index (χ4v) is 4.37. The van der Waals surface area contributed by atoms with Gasteiger partial charge in [-0.05, 0) is 51.0 Å². The lowest BCUT2D eigenvalue weighted by Crippen LogP contribution is -2.43. The summed E-state index contributed by atoms with van der Waals surface area (Å²) in [5.74, 6) is 1.20. The average molecular weight is 341 g/mol. The van der Waals surface area contributed by atoms with Gasteiger partial charge >= 0.3 is 0 Å². The largest absolute Gasteiger partial charge is 0.326 e. The van der Waals surface area contributed by atoms with Crippen LogP contribution in [0, 0.1) is 23.2 Å². The fourth-order valence-electron chi connectivity index (χ4n) is 4.37. The zero-order valence-electron chi connectivity index (χ0n) is 13.5. The van der Waals surface area contributed by atoms with Crippen LogP contribution in [-0.2, 0) is 9.59 Å². The molecule has 0 spiro atoms. The van der Waals surface area contributed by atoms with E-state index in [0.717, 1.165) is 32.2 Å². The van der Waals surface area contributed by atoms with Crippen molar-refractivity contribution in [2.75, 3.05) is 19.6 Å². The summed E-state index contributed by atoms with van der Waals surface area (Å²) in [6.07, 6.45) is 3.69. The number of nitrogens with zero attached hydrogens (tertiary/aromatic N) is 2. The number of Topliss-reactive ketones (excluding diaryl/α,β-unsaturated/α-hetero) is 1. The first kappa shape index (κ1) is 18.2. The van der Waals surface area contributed by atoms with Gasteiger partial charge in [0.1, 0.15) is 11.8 Å². The lowest BCUT2D eigenvalue weighted by atomic mass is 9.92. The Kier molecular flexibility index (Phi) is 6.01. The van der Waals surface area contributed by atoms with Crippen molar-refractivity contribution < 1.29 is 9.59 Å². The summed E-state index contributed by atoms with van der Waals surface area (Å²) in [4.78, 5) is 25.6. The van der Waals surface area contributed by atoms with Crippen LogP contribution in [0.5, 0.6) is 0 Å². The second kappa shape index (κ2) is 7.61. The quantitative estimate of drug-likeness (QED) is 0.777. The molecular formula is C16H25ClN4O2. The van der Waals surface area contributed by atoms with Gasteiger partial charge in [-0.1, -0.05) is 0 Å². The maximum absolute atomic E-state index is 12.2. The second-order valence-corrected chi connectivity index (χ2v) is 6.84. The number of nitriles is 1. The lowest BCUT2D eigenvalue weighted by molar-refractivity contribution is -0.130. The van der Waals surface area contributed by atoms with Gasteiger partial charge in [0, 0.05) is 12.6 Å². The van der Waals surface area contributed by atoms with Crippen molar-refractivity contribution in [2.45, 2.75) is 50.7 Å². The van der Waals surface area contributed by atoms with E-state index in [9.17, 15) is 9.59 Å². The van der Waals surface area contributed by atoms with E-state index in [-0.39, 0.29) is 36.2 Å². The van der Waals surface area contributed by atoms with Crippen LogP contribution < -0.4 is 10.6 Å². The molecule has 128 valence electrons. The lowest BCUT2D eigenvalue weighted by Gasteiger charge is -2.22. The highest BCUT2D eigenvalue weighted by Crippen LogP contribution is 2.38. The van der Waals surface area contributed by atoms with E-state index in [1.807, 2.05) is 0 Å². The van der Waals surface area contributed by atoms with Gasteiger partial charge in [-0.2, -0.15) is 5.26 Å². The molecule has 0 aromatic carbocycles. The number of ketones is 1. The number of hydrogen-bond acceptors (Lipinski definition) is 5. The first-order valence-electron chi connectivity index (χ1n) is 8.26. The Morgan fingerprint density at radius 1 is 1.39 bits per heavy atom. The van der Waals surface area contributed by atoms with Crippen molar-refractivity contribution in [3.05, 3.63) is 0 Å². The van der Waals surface area contributed by atoms with Crippen LogP contribution >= 0.6 is 12.4 Å². The molecule has 1 aliphatic carbocycles. The zero-order valence-corrected chi connectivity index (χ0v) is 14.3. The molecule has 23 heavy (non-hydrogen) atoms. The van der Waals surface area contributed by atoms with Crippen molar-refractivity contribution in [3.63, 3.8) is 0 Å². The topological polar surface area (TPSA) is 85.2 Å². The van der Waals surface area contributed by atoms with Crippen molar-refractivity contribution in [2.24, 2.45) is 11.8 Å². The Bertz CT molecular complexity index is 507. The van der Waals surface area contributed by atoms with Crippen molar-refractivity contribution in [3.8, 4) is 6.07 Å². The van der Waals surface area contributed by atoms with Gasteiger partial charge in [-0.15, -0.1) is 12.4 Å². The van der Waals surface area contributed by atoms with E-state index < -0.39 is 0 Å². The predicted molar refractivity (Wildman–Crippen MR) is 88.1 cm³/mol. The molecule has 0 aromatic heterocycles. The second-order valence-electron chi connectivity index (χ2n) is 6.84. The van der Waals surface area contributed by atoms with Crippen LogP contribution in [0.3, 0.4) is 0 Å². The number of amides is 1. The average Bonchev–Trinajstić information content (AvgIpc) is 3.18. The minimum atomic E-state index is -0.247. The molecule has 2 N–H and O–H groups in total. The molecule has 2 saturated heterocycles. The molecule has 2 heterocycles. The molecule has 5 unspecified atom stereocenters. The molecule has 0 bridgehead atoms. The number of fused-ring (bicyclic) bond motifs is 1. The van der Waals surface area contributed by atoms with E-state index in [0.29, 0.717) is 31.0 Å². The molecule has 0 aromatic rings. The number of carbonyl (C=O) groups excluding carboxylic acids is 2. The van der Waals surface area contributed by atoms with E-state index in [4.69, 9.17) is 5.26 Å². The Labute approximate surface area is 143 Å². The van der Waals surface area contributed by atoms with Gasteiger partial charge in [-0.3, -0.25) is 9.59 Å². The molecule has 6 nitrogen and oxygen atoms in total. The first-order chi connectivity index (χ1) is 10.6. The highest BCUT2D eigenvalue weighted by Gasteiger charge is 2.44. The molecule has 3 rings (SSSR count). The minimum absolute atomic E-state index is 0. The van der Waals surface area contributed by atoms with Crippen LogP contribution in [0.1, 0.15) is 32.6 Å². The van der Waals surface area contributed by atoms with Gasteiger partial charge in [0.15, 0.2) is 0 Å². The van der Waals surface area contributed by atoms with Crippen LogP contribution in [-0.4, -0.2) is 54.4 Å². The van der Waals surface area contributed by atoms with Crippen LogP contribution in [0.2, 0.25) is 0 Å². The highest BCUT2D eigenvalue weighted by molar-refractivity contribution is 5.85. The normalized spacial score (nSPS) is 35.5. The monoisotopic (exact) mass is 340 g/mol. The Hall–Kier alpha value is -1.16. The van der Waals surface area contributed by atoms with Gasteiger partial charge < -0.3 is 15.5 Å². The molecular weight excluding hydrogens is 316 g/mol. The molecule has 1 saturated carbocycles. The smallest absolute Gasteiger partial charge is 0.237 e. The van der Waals surface area contributed by atoms with Crippen molar-refractivity contribution >= 4 is 24.1 Å². The molecule has 2 aliphatic heterocycles. The van der Waals surface area contributed by atoms with E-state index in [1.165, 1.54) is 0 Å². The number of likely N-dealkylation sites (tertiary alicyclic amines) is 1. The third-order valence-corrected chi connectivity index (χ3v) is 5.48. The summed E-state index contributed by atoms with van der Waals surface area (Å²) in [5.41, 5.74) is 0. The van der Waals surface area contributed by atoms with Gasteiger partial charge in [0.2, 0.25) is 5.91 Å². The predicted octanol–water partition coefficient (Wildman–Crippen LogP) is 0.468. The third-order valence-electron chi connectivity index (χ3n) is 5.48. The number of nitrogens with one attached hydrogen (secondary N) is 2. The molecule has 1 amide bonds. The van der Waals surface area contributed by atoms with Crippen LogP contribution in [0.25, 0.3) is 0 Å². The Morgan fingerprint density at radius 2 is 2.17 bits per heavy atom. The summed E-state index contributed by atoms with van der Waals surface area (Å²) in [6.45, 7) is 3.56. The summed E-state index contributed by atoms with van der Waals surface area (Å²) < 4.78 is 0. The van der Waals surface area contributed by atoms with E-state index >= 15 is 0 Å². The van der Waals surface area contributed by atoms with Crippen LogP contribution in [0.4, 0.5) is 0 Å². The highest BCUT2D eigenvalue weighted by atomic mass is 35.5. The standard InChI is InChI=1S/C16H24N4O2.ClH/c1-10(21)16-14-6-12(5-11(14)8-19-16)18-9-15(22)20-4-2-3-13(20)7-17;/h11-14,16,18-19H,2-6,8-9H2,1H3;1H. The fraction of sp³-hybridized carbons (Fsp3) is 0.812. The summed E-state index contributed by atoms with van der Waals surface area (Å²) in [7, 11) is 0. The van der Waals surface area contributed by atoms with Gasteiger partial charge in [0.25, 0.3) is 0 Å². The van der Waals surface area contributed by atoms with Crippen LogP contribution in [0.15, 0.2) is 0 Å². The molecule has 0 radical (unpaired) electrons. The summed E-state index contributed by atoms with van der Waals surface area (Å²) in [5, 5.41) is 15.7. The van der Waals surface area contributed by atoms with E-state index in [2.05, 4.69) is 16.7 Å². The molecule has 7 heteroatoms. The zero-order chi connectivity index (χ0) is 15.7.